The largest absolute Gasteiger partial charge is 0.490 e. The Morgan fingerprint density at radius 1 is 1.24 bits per heavy atom. The molecule has 1 saturated carbocycles. The molecule has 0 aromatic heterocycles. The maximum atomic E-state index is 12.6. The van der Waals surface area contributed by atoms with Gasteiger partial charge in [0, 0.05) is 23.5 Å². The molecule has 180 valence electrons. The van der Waals surface area contributed by atoms with Gasteiger partial charge in [0.15, 0.2) is 0 Å². The number of aromatic carboxylic acids is 1. The van der Waals surface area contributed by atoms with Crippen molar-refractivity contribution in [2.45, 2.75) is 44.4 Å². The monoisotopic (exact) mass is 483 g/mol. The molecule has 1 heterocycles. The molecular formula is C27H30ClNO5. The van der Waals surface area contributed by atoms with Crippen molar-refractivity contribution in [3.05, 3.63) is 58.1 Å². The molecule has 3 atom stereocenters. The average Bonchev–Trinajstić information content (AvgIpc) is 2.97. The van der Waals surface area contributed by atoms with Gasteiger partial charge in [0.1, 0.15) is 5.75 Å². The van der Waals surface area contributed by atoms with Crippen molar-refractivity contribution < 1.29 is 24.2 Å². The minimum atomic E-state index is -0.970. The lowest BCUT2D eigenvalue weighted by Gasteiger charge is -2.48. The average molecular weight is 484 g/mol. The SMILES string of the molecule is COC(=O)[C@]1(C)CC[C@@H]1CN1CC2(CCCc3cc(Cl)ccc32)COc2ccc(C(=O)O)cc21. The topological polar surface area (TPSA) is 76.1 Å². The summed E-state index contributed by atoms with van der Waals surface area (Å²) in [4.78, 5) is 26.6. The van der Waals surface area contributed by atoms with Gasteiger partial charge in [0.05, 0.1) is 30.4 Å². The Hall–Kier alpha value is -2.73. The van der Waals surface area contributed by atoms with Gasteiger partial charge in [-0.3, -0.25) is 4.79 Å². The van der Waals surface area contributed by atoms with Crippen LogP contribution in [-0.2, 0) is 21.4 Å². The summed E-state index contributed by atoms with van der Waals surface area (Å²) >= 11 is 6.31. The standard InChI is InChI=1S/C27H30ClNO5/c1-26(25(32)33-2)11-9-19(26)14-29-15-27(10-3-4-17-12-20(28)6-7-21(17)27)16-34-23-8-5-18(24(30)31)13-22(23)29/h5-8,12-13,19H,3-4,9-11,14-16H2,1-2H3,(H,30,31)/t19-,26-,27?/m1/s1. The summed E-state index contributed by atoms with van der Waals surface area (Å²) in [6.45, 7) is 3.81. The van der Waals surface area contributed by atoms with Gasteiger partial charge >= 0.3 is 11.9 Å². The van der Waals surface area contributed by atoms with Gasteiger partial charge < -0.3 is 19.5 Å². The van der Waals surface area contributed by atoms with Crippen LogP contribution in [0.25, 0.3) is 0 Å². The second-order valence-corrected chi connectivity index (χ2v) is 10.7. The van der Waals surface area contributed by atoms with E-state index < -0.39 is 11.4 Å². The van der Waals surface area contributed by atoms with E-state index in [4.69, 9.17) is 21.1 Å². The summed E-state index contributed by atoms with van der Waals surface area (Å²) in [6, 6.07) is 11.2. The quantitative estimate of drug-likeness (QED) is 0.610. The van der Waals surface area contributed by atoms with Gasteiger partial charge in [-0.2, -0.15) is 0 Å². The fraction of sp³-hybridized carbons (Fsp3) is 0.481. The normalized spacial score (nSPS) is 27.6. The number of benzene rings is 2. The molecule has 1 unspecified atom stereocenters. The lowest BCUT2D eigenvalue weighted by atomic mass is 9.61. The van der Waals surface area contributed by atoms with Gasteiger partial charge in [-0.25, -0.2) is 4.79 Å². The second kappa shape index (κ2) is 8.49. The van der Waals surface area contributed by atoms with E-state index >= 15 is 0 Å². The maximum Gasteiger partial charge on any atom is 0.335 e. The summed E-state index contributed by atoms with van der Waals surface area (Å²) in [5.74, 6) is -0.351. The molecule has 1 aliphatic heterocycles. The number of nitrogens with zero attached hydrogens (tertiary/aromatic N) is 1. The minimum Gasteiger partial charge on any atom is -0.490 e. The number of carbonyl (C=O) groups excluding carboxylic acids is 1. The summed E-state index contributed by atoms with van der Waals surface area (Å²) in [6.07, 6.45) is 4.71. The van der Waals surface area contributed by atoms with E-state index in [2.05, 4.69) is 17.0 Å². The molecule has 6 nitrogen and oxygen atoms in total. The smallest absolute Gasteiger partial charge is 0.335 e. The molecular weight excluding hydrogens is 454 g/mol. The Labute approximate surface area is 204 Å². The fourth-order valence-electron chi connectivity index (χ4n) is 6.09. The minimum absolute atomic E-state index is 0.115. The molecule has 0 amide bonds. The van der Waals surface area contributed by atoms with Crippen molar-refractivity contribution in [3.8, 4) is 5.75 Å². The van der Waals surface area contributed by atoms with Crippen LogP contribution in [0.3, 0.4) is 0 Å². The fourth-order valence-corrected chi connectivity index (χ4v) is 6.28. The van der Waals surface area contributed by atoms with Crippen molar-refractivity contribution in [3.63, 3.8) is 0 Å². The van der Waals surface area contributed by atoms with Crippen molar-refractivity contribution in [1.29, 1.82) is 0 Å². The van der Waals surface area contributed by atoms with Crippen molar-refractivity contribution >= 4 is 29.2 Å². The van der Waals surface area contributed by atoms with Gasteiger partial charge in [-0.1, -0.05) is 17.7 Å². The highest BCUT2D eigenvalue weighted by Gasteiger charge is 2.51. The van der Waals surface area contributed by atoms with Crippen LogP contribution in [-0.4, -0.2) is 43.9 Å². The van der Waals surface area contributed by atoms with E-state index in [0.717, 1.165) is 42.8 Å². The Bertz CT molecular complexity index is 1150. The third-order valence-electron chi connectivity index (χ3n) is 8.29. The maximum absolute atomic E-state index is 12.6. The first kappa shape index (κ1) is 23.0. The number of rotatable bonds is 4. The number of hydrogen-bond donors (Lipinski definition) is 1. The van der Waals surface area contributed by atoms with E-state index in [1.165, 1.54) is 18.2 Å². The van der Waals surface area contributed by atoms with Crippen LogP contribution in [0.4, 0.5) is 5.69 Å². The van der Waals surface area contributed by atoms with Crippen molar-refractivity contribution in [2.75, 3.05) is 31.7 Å². The second-order valence-electron chi connectivity index (χ2n) is 10.2. The molecule has 1 fully saturated rings. The van der Waals surface area contributed by atoms with E-state index in [9.17, 15) is 14.7 Å². The molecule has 1 spiro atoms. The summed E-state index contributed by atoms with van der Waals surface area (Å²) < 4.78 is 11.5. The van der Waals surface area contributed by atoms with E-state index in [1.807, 2.05) is 13.0 Å². The Morgan fingerprint density at radius 2 is 2.06 bits per heavy atom. The van der Waals surface area contributed by atoms with Crippen LogP contribution in [0, 0.1) is 11.3 Å². The first-order valence-electron chi connectivity index (χ1n) is 11.9. The number of esters is 1. The highest BCUT2D eigenvalue weighted by molar-refractivity contribution is 6.30. The van der Waals surface area contributed by atoms with E-state index in [0.29, 0.717) is 25.4 Å². The molecule has 2 aliphatic carbocycles. The third kappa shape index (κ3) is 3.72. The summed E-state index contributed by atoms with van der Waals surface area (Å²) in [7, 11) is 1.44. The van der Waals surface area contributed by atoms with Gasteiger partial charge in [0.25, 0.3) is 0 Å². The van der Waals surface area contributed by atoms with Crippen LogP contribution in [0.5, 0.6) is 5.75 Å². The Balaban J connectivity index is 1.56. The number of hydrogen-bond acceptors (Lipinski definition) is 5. The number of methoxy groups -OCH3 is 1. The summed E-state index contributed by atoms with van der Waals surface area (Å²) in [5, 5.41) is 10.4. The number of fused-ring (bicyclic) bond motifs is 3. The molecule has 7 heteroatoms. The van der Waals surface area contributed by atoms with Gasteiger partial charge in [-0.05, 0) is 86.4 Å². The number of carboxylic acids is 1. The van der Waals surface area contributed by atoms with Crippen LogP contribution in [0.15, 0.2) is 36.4 Å². The highest BCUT2D eigenvalue weighted by Crippen LogP contribution is 2.50. The van der Waals surface area contributed by atoms with Crippen LogP contribution >= 0.6 is 11.6 Å². The number of anilines is 1. The number of carbonyl (C=O) groups is 2. The predicted octanol–water partition coefficient (Wildman–Crippen LogP) is 5.10. The van der Waals surface area contributed by atoms with Crippen LogP contribution in [0.2, 0.25) is 5.02 Å². The van der Waals surface area contributed by atoms with E-state index in [1.54, 1.807) is 18.2 Å². The zero-order valence-corrected chi connectivity index (χ0v) is 20.4. The van der Waals surface area contributed by atoms with Crippen molar-refractivity contribution in [1.82, 2.24) is 0 Å². The Kier molecular flexibility index (Phi) is 5.75. The zero-order valence-electron chi connectivity index (χ0n) is 19.6. The molecule has 2 aromatic carbocycles. The molecule has 3 aliphatic rings. The molecule has 34 heavy (non-hydrogen) atoms. The molecule has 2 aromatic rings. The third-order valence-corrected chi connectivity index (χ3v) is 8.52. The molecule has 0 bridgehead atoms. The zero-order chi connectivity index (χ0) is 24.1. The molecule has 1 N–H and O–H groups in total. The molecule has 5 rings (SSSR count). The van der Waals surface area contributed by atoms with Crippen LogP contribution < -0.4 is 9.64 Å². The first-order valence-corrected chi connectivity index (χ1v) is 12.3. The summed E-state index contributed by atoms with van der Waals surface area (Å²) in [5.41, 5.74) is 2.73. The number of carboxylic acid groups (broad SMARTS) is 1. The first-order chi connectivity index (χ1) is 16.3. The lowest BCUT2D eigenvalue weighted by molar-refractivity contribution is -0.162. The highest BCUT2D eigenvalue weighted by atomic mass is 35.5. The molecule has 0 radical (unpaired) electrons. The lowest BCUT2D eigenvalue weighted by Crippen LogP contribution is -2.53. The van der Waals surface area contributed by atoms with Crippen LogP contribution in [0.1, 0.15) is 54.1 Å². The van der Waals surface area contributed by atoms with Crippen molar-refractivity contribution in [2.24, 2.45) is 11.3 Å². The van der Waals surface area contributed by atoms with E-state index in [-0.39, 0.29) is 22.9 Å². The van der Waals surface area contributed by atoms with Gasteiger partial charge in [0.2, 0.25) is 0 Å². The predicted molar refractivity (Wildman–Crippen MR) is 130 cm³/mol. The van der Waals surface area contributed by atoms with Gasteiger partial charge in [-0.15, -0.1) is 0 Å². The molecule has 0 saturated heterocycles. The Morgan fingerprint density at radius 3 is 2.76 bits per heavy atom. The number of halogens is 1. The number of aryl methyl sites for hydroxylation is 1. The number of ether oxygens (including phenoxy) is 2.